The number of carbonyl (C=O) groups is 2. The molecule has 2 amide bonds. The van der Waals surface area contributed by atoms with E-state index in [9.17, 15) is 9.59 Å². The van der Waals surface area contributed by atoms with Crippen LogP contribution in [0.2, 0.25) is 10.0 Å². The Balaban J connectivity index is 1.62. The van der Waals surface area contributed by atoms with Gasteiger partial charge in [0, 0.05) is 34.9 Å². The van der Waals surface area contributed by atoms with E-state index in [2.05, 4.69) is 12.2 Å². The zero-order chi connectivity index (χ0) is 21.0. The second-order valence-electron chi connectivity index (χ2n) is 7.28. The normalized spacial score (nSPS) is 16.4. The van der Waals surface area contributed by atoms with Gasteiger partial charge in [0.1, 0.15) is 5.75 Å². The van der Waals surface area contributed by atoms with Gasteiger partial charge >= 0.3 is 0 Å². The lowest BCUT2D eigenvalue weighted by molar-refractivity contribution is -0.118. The largest absolute Gasteiger partial charge is 0.482 e. The molecule has 2 aromatic rings. The Bertz CT molecular complexity index is 917. The van der Waals surface area contributed by atoms with Crippen LogP contribution in [0.4, 0.5) is 5.69 Å². The molecule has 1 heterocycles. The molecule has 1 atom stereocenters. The molecule has 1 N–H and O–H groups in total. The highest BCUT2D eigenvalue weighted by Gasteiger charge is 2.24. The predicted octanol–water partition coefficient (Wildman–Crippen LogP) is 5.33. The van der Waals surface area contributed by atoms with E-state index in [-0.39, 0.29) is 24.5 Å². The lowest BCUT2D eigenvalue weighted by atomic mass is 10.0. The summed E-state index contributed by atoms with van der Waals surface area (Å²) in [5.74, 6) is 0.0626. The molecule has 0 bridgehead atoms. The van der Waals surface area contributed by atoms with Crippen molar-refractivity contribution in [3.63, 3.8) is 0 Å². The first kappa shape index (κ1) is 21.5. The number of amides is 2. The van der Waals surface area contributed by atoms with Gasteiger partial charge in [-0.25, -0.2) is 0 Å². The minimum absolute atomic E-state index is 0.0390. The molecule has 154 valence electrons. The molecule has 0 aromatic heterocycles. The number of halogens is 2. The molecule has 29 heavy (non-hydrogen) atoms. The smallest absolute Gasteiger partial charge is 0.262 e. The first-order valence-electron chi connectivity index (χ1n) is 9.64. The lowest BCUT2D eigenvalue weighted by Crippen LogP contribution is -2.42. The van der Waals surface area contributed by atoms with Gasteiger partial charge in [0.05, 0.1) is 5.02 Å². The molecule has 0 aliphatic carbocycles. The van der Waals surface area contributed by atoms with E-state index in [1.807, 2.05) is 17.9 Å². The third-order valence-electron chi connectivity index (χ3n) is 5.06. The summed E-state index contributed by atoms with van der Waals surface area (Å²) in [6.07, 6.45) is 3.24. The van der Waals surface area contributed by atoms with E-state index in [1.54, 1.807) is 30.3 Å². The molecule has 0 radical (unpaired) electrons. The maximum absolute atomic E-state index is 12.8. The van der Waals surface area contributed by atoms with E-state index in [0.717, 1.165) is 31.4 Å². The Morgan fingerprint density at radius 1 is 1.17 bits per heavy atom. The SMILES string of the molecule is Cc1cc(C(=O)N2CCCCC2C)ccc1NC(=O)COc1cc(Cl)ccc1Cl. The van der Waals surface area contributed by atoms with Crippen molar-refractivity contribution in [1.29, 1.82) is 0 Å². The Morgan fingerprint density at radius 2 is 1.97 bits per heavy atom. The summed E-state index contributed by atoms with van der Waals surface area (Å²) in [6.45, 7) is 4.54. The molecule has 2 aromatic carbocycles. The number of carbonyl (C=O) groups excluding carboxylic acids is 2. The first-order chi connectivity index (χ1) is 13.8. The van der Waals surface area contributed by atoms with Crippen LogP contribution in [-0.4, -0.2) is 35.9 Å². The molecule has 7 heteroatoms. The molecule has 0 spiro atoms. The number of piperidine rings is 1. The molecule has 1 aliphatic heterocycles. The van der Waals surface area contributed by atoms with E-state index in [4.69, 9.17) is 27.9 Å². The summed E-state index contributed by atoms with van der Waals surface area (Å²) < 4.78 is 5.46. The van der Waals surface area contributed by atoms with Crippen LogP contribution >= 0.6 is 23.2 Å². The molecular weight excluding hydrogens is 411 g/mol. The molecule has 1 fully saturated rings. The predicted molar refractivity (Wildman–Crippen MR) is 116 cm³/mol. The number of hydrogen-bond acceptors (Lipinski definition) is 3. The van der Waals surface area contributed by atoms with Crippen molar-refractivity contribution in [2.24, 2.45) is 0 Å². The van der Waals surface area contributed by atoms with Gasteiger partial charge in [-0.05, 0) is 69.0 Å². The maximum Gasteiger partial charge on any atom is 0.262 e. The minimum Gasteiger partial charge on any atom is -0.482 e. The fourth-order valence-electron chi connectivity index (χ4n) is 3.42. The average Bonchev–Trinajstić information content (AvgIpc) is 2.70. The first-order valence-corrected chi connectivity index (χ1v) is 10.4. The molecule has 3 rings (SSSR count). The fourth-order valence-corrected chi connectivity index (χ4v) is 3.75. The van der Waals surface area contributed by atoms with E-state index in [0.29, 0.717) is 27.0 Å². The summed E-state index contributed by atoms with van der Waals surface area (Å²) in [5, 5.41) is 3.66. The third kappa shape index (κ3) is 5.43. The second kappa shape index (κ2) is 9.51. The monoisotopic (exact) mass is 434 g/mol. The number of rotatable bonds is 5. The maximum atomic E-state index is 12.8. The van der Waals surface area contributed by atoms with Gasteiger partial charge in [-0.15, -0.1) is 0 Å². The molecule has 1 saturated heterocycles. The quantitative estimate of drug-likeness (QED) is 0.690. The summed E-state index contributed by atoms with van der Waals surface area (Å²) in [4.78, 5) is 27.0. The van der Waals surface area contributed by atoms with Gasteiger partial charge in [0.25, 0.3) is 11.8 Å². The lowest BCUT2D eigenvalue weighted by Gasteiger charge is -2.33. The van der Waals surface area contributed by atoms with E-state index >= 15 is 0 Å². The van der Waals surface area contributed by atoms with Crippen LogP contribution in [0.15, 0.2) is 36.4 Å². The van der Waals surface area contributed by atoms with Crippen LogP contribution in [0.3, 0.4) is 0 Å². The number of nitrogens with one attached hydrogen (secondary N) is 1. The Hall–Kier alpha value is -2.24. The standard InChI is InChI=1S/C22H24Cl2N2O3/c1-14-11-16(22(28)26-10-4-3-5-15(26)2)6-9-19(14)25-21(27)13-29-20-12-17(23)7-8-18(20)24/h6-9,11-12,15H,3-5,10,13H2,1-2H3,(H,25,27). The van der Waals surface area contributed by atoms with Crippen molar-refractivity contribution < 1.29 is 14.3 Å². The number of aryl methyl sites for hydroxylation is 1. The fraction of sp³-hybridized carbons (Fsp3) is 0.364. The highest BCUT2D eigenvalue weighted by molar-refractivity contribution is 6.34. The Kier molecular flexibility index (Phi) is 7.04. The van der Waals surface area contributed by atoms with Gasteiger partial charge in [0.15, 0.2) is 6.61 Å². The van der Waals surface area contributed by atoms with Gasteiger partial charge in [0.2, 0.25) is 0 Å². The van der Waals surface area contributed by atoms with Crippen LogP contribution in [0.25, 0.3) is 0 Å². The Labute approximate surface area is 180 Å². The summed E-state index contributed by atoms with van der Waals surface area (Å²) in [6, 6.07) is 10.4. The van der Waals surface area contributed by atoms with Crippen molar-refractivity contribution in [1.82, 2.24) is 4.90 Å². The van der Waals surface area contributed by atoms with Crippen molar-refractivity contribution in [2.75, 3.05) is 18.5 Å². The molecule has 0 saturated carbocycles. The molecular formula is C22H24Cl2N2O3. The summed E-state index contributed by atoms with van der Waals surface area (Å²) >= 11 is 12.0. The number of nitrogens with zero attached hydrogens (tertiary/aromatic N) is 1. The minimum atomic E-state index is -0.326. The molecule has 1 unspecified atom stereocenters. The topological polar surface area (TPSA) is 58.6 Å². The highest BCUT2D eigenvalue weighted by Crippen LogP contribution is 2.28. The van der Waals surface area contributed by atoms with Crippen molar-refractivity contribution in [3.8, 4) is 5.75 Å². The van der Waals surface area contributed by atoms with Crippen LogP contribution in [0, 0.1) is 6.92 Å². The molecule has 5 nitrogen and oxygen atoms in total. The number of benzene rings is 2. The van der Waals surface area contributed by atoms with Gasteiger partial charge < -0.3 is 15.0 Å². The zero-order valence-corrected chi connectivity index (χ0v) is 18.0. The third-order valence-corrected chi connectivity index (χ3v) is 5.61. The van der Waals surface area contributed by atoms with Gasteiger partial charge in [-0.3, -0.25) is 9.59 Å². The Morgan fingerprint density at radius 3 is 2.69 bits per heavy atom. The number of likely N-dealkylation sites (tertiary alicyclic amines) is 1. The van der Waals surface area contributed by atoms with Crippen LogP contribution in [0.1, 0.15) is 42.1 Å². The zero-order valence-electron chi connectivity index (χ0n) is 16.5. The van der Waals surface area contributed by atoms with Gasteiger partial charge in [-0.1, -0.05) is 23.2 Å². The van der Waals surface area contributed by atoms with Crippen LogP contribution in [-0.2, 0) is 4.79 Å². The van der Waals surface area contributed by atoms with Crippen LogP contribution < -0.4 is 10.1 Å². The van der Waals surface area contributed by atoms with Crippen molar-refractivity contribution >= 4 is 40.7 Å². The van der Waals surface area contributed by atoms with E-state index < -0.39 is 0 Å². The van der Waals surface area contributed by atoms with E-state index in [1.165, 1.54) is 0 Å². The summed E-state index contributed by atoms with van der Waals surface area (Å²) in [5.41, 5.74) is 2.09. The second-order valence-corrected chi connectivity index (χ2v) is 8.13. The van der Waals surface area contributed by atoms with Crippen molar-refractivity contribution in [3.05, 3.63) is 57.6 Å². The number of hydrogen-bond donors (Lipinski definition) is 1. The van der Waals surface area contributed by atoms with Crippen LogP contribution in [0.5, 0.6) is 5.75 Å². The molecule has 1 aliphatic rings. The average molecular weight is 435 g/mol. The summed E-state index contributed by atoms with van der Waals surface area (Å²) in [7, 11) is 0. The van der Waals surface area contributed by atoms with Gasteiger partial charge in [-0.2, -0.15) is 0 Å². The highest BCUT2D eigenvalue weighted by atomic mass is 35.5. The van der Waals surface area contributed by atoms with Crippen molar-refractivity contribution in [2.45, 2.75) is 39.2 Å². The number of anilines is 1. The number of ether oxygens (including phenoxy) is 1.